The lowest BCUT2D eigenvalue weighted by molar-refractivity contribution is -0.671. The Kier molecular flexibility index (Phi) is 4.08. The summed E-state index contributed by atoms with van der Waals surface area (Å²) in [6.45, 7) is 3.77. The topological polar surface area (TPSA) is 8.81 Å². The van der Waals surface area contributed by atoms with Crippen LogP contribution in [0.1, 0.15) is 0 Å². The second-order valence-electron chi connectivity index (χ2n) is 3.24. The van der Waals surface area contributed by atoms with Gasteiger partial charge >= 0.3 is 0 Å². The van der Waals surface area contributed by atoms with E-state index >= 15 is 0 Å². The molecule has 0 saturated carbocycles. The Hall–Kier alpha value is -1.10. The van der Waals surface area contributed by atoms with Crippen LogP contribution in [0.15, 0.2) is 49.4 Å². The van der Waals surface area contributed by atoms with Crippen molar-refractivity contribution >= 4 is 6.20 Å². The third kappa shape index (κ3) is 2.47. The maximum atomic E-state index is 3.77. The van der Waals surface area contributed by atoms with E-state index in [1.165, 1.54) is 5.56 Å². The number of aryl methyl sites for hydroxylation is 1. The van der Waals surface area contributed by atoms with Gasteiger partial charge in [0.05, 0.1) is 11.3 Å². The Balaban J connectivity index is 0.00000112. The van der Waals surface area contributed by atoms with Gasteiger partial charge in [0.2, 0.25) is 0 Å². The molecule has 0 unspecified atom stereocenters. The van der Waals surface area contributed by atoms with Gasteiger partial charge in [-0.15, -0.1) is 0 Å². The average Bonchev–Trinajstić information content (AvgIpc) is 2.65. The highest BCUT2D eigenvalue weighted by molar-refractivity contribution is 5.60. The molecular formula is C12H13IN2. The Morgan fingerprint density at radius 2 is 2.13 bits per heavy atom. The van der Waals surface area contributed by atoms with Gasteiger partial charge in [0.15, 0.2) is 12.4 Å². The van der Waals surface area contributed by atoms with E-state index in [1.807, 2.05) is 46.9 Å². The van der Waals surface area contributed by atoms with Gasteiger partial charge in [-0.05, 0) is 18.2 Å². The Morgan fingerprint density at radius 1 is 1.33 bits per heavy atom. The van der Waals surface area contributed by atoms with Crippen molar-refractivity contribution in [3.8, 4) is 11.3 Å². The summed E-state index contributed by atoms with van der Waals surface area (Å²) in [5.74, 6) is 0. The zero-order valence-corrected chi connectivity index (χ0v) is 10.8. The highest BCUT2D eigenvalue weighted by Crippen LogP contribution is 2.17. The molecule has 2 aromatic rings. The Labute approximate surface area is 107 Å². The van der Waals surface area contributed by atoms with Crippen LogP contribution in [0.4, 0.5) is 0 Å². The molecule has 0 aromatic carbocycles. The van der Waals surface area contributed by atoms with E-state index in [1.54, 1.807) is 0 Å². The minimum absolute atomic E-state index is 0. The summed E-state index contributed by atoms with van der Waals surface area (Å²) in [5.41, 5.74) is 2.36. The summed E-state index contributed by atoms with van der Waals surface area (Å²) in [7, 11) is 2.02. The van der Waals surface area contributed by atoms with Crippen molar-refractivity contribution in [2.75, 3.05) is 0 Å². The second kappa shape index (κ2) is 5.11. The zero-order valence-electron chi connectivity index (χ0n) is 8.60. The maximum absolute atomic E-state index is 3.77. The third-order valence-electron chi connectivity index (χ3n) is 2.21. The standard InChI is InChI=1S/C12H13N2.HI/c1-3-14-9-5-7-12(14)11-6-4-8-13(2)10-11;/h3-10H,1H2,2H3;1H/q+1;/p-1. The number of hydrogen-bond acceptors (Lipinski definition) is 0. The van der Waals surface area contributed by atoms with Crippen LogP contribution < -0.4 is 28.5 Å². The fourth-order valence-electron chi connectivity index (χ4n) is 1.54. The summed E-state index contributed by atoms with van der Waals surface area (Å²) in [6, 6.07) is 8.23. The van der Waals surface area contributed by atoms with E-state index in [2.05, 4.69) is 24.9 Å². The van der Waals surface area contributed by atoms with E-state index in [9.17, 15) is 0 Å². The van der Waals surface area contributed by atoms with E-state index in [0.717, 1.165) is 5.69 Å². The summed E-state index contributed by atoms with van der Waals surface area (Å²) >= 11 is 0. The monoisotopic (exact) mass is 312 g/mol. The van der Waals surface area contributed by atoms with Crippen LogP contribution in [-0.4, -0.2) is 4.57 Å². The van der Waals surface area contributed by atoms with Crippen LogP contribution in [0, 0.1) is 0 Å². The van der Waals surface area contributed by atoms with Crippen LogP contribution in [0.2, 0.25) is 0 Å². The molecule has 0 aliphatic heterocycles. The van der Waals surface area contributed by atoms with Crippen molar-refractivity contribution in [1.29, 1.82) is 0 Å². The lowest BCUT2D eigenvalue weighted by Crippen LogP contribution is -3.00. The van der Waals surface area contributed by atoms with Crippen LogP contribution in [0.3, 0.4) is 0 Å². The van der Waals surface area contributed by atoms with Crippen molar-refractivity contribution in [3.63, 3.8) is 0 Å². The summed E-state index contributed by atoms with van der Waals surface area (Å²) in [5, 5.41) is 0. The average molecular weight is 312 g/mol. The van der Waals surface area contributed by atoms with Gasteiger partial charge in [-0.3, -0.25) is 0 Å². The number of halogens is 1. The van der Waals surface area contributed by atoms with Crippen molar-refractivity contribution in [1.82, 2.24) is 4.57 Å². The molecule has 0 atom stereocenters. The molecule has 0 spiro atoms. The van der Waals surface area contributed by atoms with E-state index < -0.39 is 0 Å². The molecule has 2 heterocycles. The molecule has 3 heteroatoms. The predicted molar refractivity (Wildman–Crippen MR) is 57.4 cm³/mol. The molecule has 2 rings (SSSR count). The minimum Gasteiger partial charge on any atom is -1.00 e. The predicted octanol–water partition coefficient (Wildman–Crippen LogP) is -0.916. The number of hydrogen-bond donors (Lipinski definition) is 0. The normalized spacial score (nSPS) is 9.40. The van der Waals surface area contributed by atoms with Crippen LogP contribution in [0.5, 0.6) is 0 Å². The Morgan fingerprint density at radius 3 is 2.80 bits per heavy atom. The lowest BCUT2D eigenvalue weighted by Gasteiger charge is -2.01. The van der Waals surface area contributed by atoms with Gasteiger partial charge in [0.1, 0.15) is 7.05 Å². The molecule has 0 N–H and O–H groups in total. The van der Waals surface area contributed by atoms with Gasteiger partial charge in [0.25, 0.3) is 0 Å². The second-order valence-corrected chi connectivity index (χ2v) is 3.24. The number of rotatable bonds is 2. The molecule has 0 radical (unpaired) electrons. The molecular weight excluding hydrogens is 299 g/mol. The molecule has 0 aliphatic rings. The SMILES string of the molecule is C=Cn1cccc1-c1ccc[n+](C)c1.[I-]. The first-order chi connectivity index (χ1) is 6.81. The van der Waals surface area contributed by atoms with E-state index in [-0.39, 0.29) is 24.0 Å². The Bertz CT molecular complexity index is 460. The first kappa shape index (κ1) is 12.0. The molecule has 0 bridgehead atoms. The van der Waals surface area contributed by atoms with Gasteiger partial charge in [-0.2, -0.15) is 0 Å². The number of aromatic nitrogens is 2. The first-order valence-electron chi connectivity index (χ1n) is 4.56. The van der Waals surface area contributed by atoms with Gasteiger partial charge in [0, 0.05) is 18.5 Å². The smallest absolute Gasteiger partial charge is 0.177 e. The van der Waals surface area contributed by atoms with Crippen molar-refractivity contribution in [2.24, 2.45) is 7.05 Å². The molecule has 0 fully saturated rings. The van der Waals surface area contributed by atoms with Gasteiger partial charge in [-0.1, -0.05) is 6.58 Å². The molecule has 0 aliphatic carbocycles. The molecule has 78 valence electrons. The maximum Gasteiger partial charge on any atom is 0.177 e. The minimum atomic E-state index is 0. The van der Waals surface area contributed by atoms with E-state index in [0.29, 0.717) is 0 Å². The van der Waals surface area contributed by atoms with Crippen LogP contribution >= 0.6 is 0 Å². The first-order valence-corrected chi connectivity index (χ1v) is 4.56. The van der Waals surface area contributed by atoms with Crippen LogP contribution in [0.25, 0.3) is 17.5 Å². The van der Waals surface area contributed by atoms with Crippen LogP contribution in [-0.2, 0) is 7.05 Å². The molecule has 0 saturated heterocycles. The molecule has 0 amide bonds. The number of pyridine rings is 1. The largest absolute Gasteiger partial charge is 1.00 e. The summed E-state index contributed by atoms with van der Waals surface area (Å²) < 4.78 is 4.05. The highest BCUT2D eigenvalue weighted by atomic mass is 127. The van der Waals surface area contributed by atoms with Crippen molar-refractivity contribution in [3.05, 3.63) is 49.4 Å². The quantitative estimate of drug-likeness (QED) is 0.501. The third-order valence-corrected chi connectivity index (χ3v) is 2.21. The summed E-state index contributed by atoms with van der Waals surface area (Å²) in [4.78, 5) is 0. The van der Waals surface area contributed by atoms with E-state index in [4.69, 9.17) is 0 Å². The van der Waals surface area contributed by atoms with Crippen molar-refractivity contribution in [2.45, 2.75) is 0 Å². The summed E-state index contributed by atoms with van der Waals surface area (Å²) in [6.07, 6.45) is 7.91. The molecule has 2 aromatic heterocycles. The van der Waals surface area contributed by atoms with Gasteiger partial charge in [-0.25, -0.2) is 4.57 Å². The number of nitrogens with zero attached hydrogens (tertiary/aromatic N) is 2. The lowest BCUT2D eigenvalue weighted by atomic mass is 10.2. The fourth-order valence-corrected chi connectivity index (χ4v) is 1.54. The van der Waals surface area contributed by atoms with Gasteiger partial charge < -0.3 is 28.5 Å². The fraction of sp³-hybridized carbons (Fsp3) is 0.0833. The van der Waals surface area contributed by atoms with Crippen molar-refractivity contribution < 1.29 is 28.5 Å². The highest BCUT2D eigenvalue weighted by Gasteiger charge is 2.04. The zero-order chi connectivity index (χ0) is 9.97. The molecule has 2 nitrogen and oxygen atoms in total. The molecule has 15 heavy (non-hydrogen) atoms.